The number of hydrogen-bond acceptors (Lipinski definition) is 3. The largest absolute Gasteiger partial charge is 0.481 e. The van der Waals surface area contributed by atoms with Crippen LogP contribution in [0.3, 0.4) is 0 Å². The zero-order valence-electron chi connectivity index (χ0n) is 10.00. The second-order valence-corrected chi connectivity index (χ2v) is 4.74. The molecule has 0 fully saturated rings. The Balaban J connectivity index is 2.38. The molecule has 0 saturated carbocycles. The van der Waals surface area contributed by atoms with Crippen molar-refractivity contribution in [1.82, 2.24) is 5.32 Å². The highest BCUT2D eigenvalue weighted by Crippen LogP contribution is 2.19. The van der Waals surface area contributed by atoms with E-state index in [1.807, 2.05) is 25.1 Å². The van der Waals surface area contributed by atoms with E-state index in [1.165, 1.54) is 0 Å². The van der Waals surface area contributed by atoms with E-state index < -0.39 is 5.97 Å². The maximum absolute atomic E-state index is 11.6. The van der Waals surface area contributed by atoms with Gasteiger partial charge in [0.2, 0.25) is 5.91 Å². The Hall–Kier alpha value is -1.40. The van der Waals surface area contributed by atoms with Crippen LogP contribution in [0, 0.1) is 6.92 Å². The second-order valence-electron chi connectivity index (χ2n) is 3.83. The van der Waals surface area contributed by atoms with Gasteiger partial charge in [0.25, 0.3) is 0 Å². The first-order valence-electron chi connectivity index (χ1n) is 5.47. The van der Waals surface area contributed by atoms with Crippen LogP contribution in [0.25, 0.3) is 0 Å². The van der Waals surface area contributed by atoms with E-state index >= 15 is 0 Å². The maximum Gasteiger partial charge on any atom is 0.304 e. The van der Waals surface area contributed by atoms with E-state index in [-0.39, 0.29) is 25.4 Å². The molecule has 98 valence electrons. The van der Waals surface area contributed by atoms with Crippen molar-refractivity contribution in [1.29, 1.82) is 0 Å². The van der Waals surface area contributed by atoms with Crippen LogP contribution in [-0.4, -0.2) is 30.1 Å². The third-order valence-corrected chi connectivity index (χ3v) is 2.76. The molecule has 0 unspecified atom stereocenters. The van der Waals surface area contributed by atoms with Gasteiger partial charge in [0, 0.05) is 16.7 Å². The maximum atomic E-state index is 11.6. The van der Waals surface area contributed by atoms with Crippen LogP contribution in [0.15, 0.2) is 22.7 Å². The predicted molar refractivity (Wildman–Crippen MR) is 72.6 cm³/mol. The Bertz CT molecular complexity index is 449. The van der Waals surface area contributed by atoms with Crippen molar-refractivity contribution in [2.75, 3.05) is 18.4 Å². The Kier molecular flexibility index (Phi) is 5.80. The number of nitrogens with one attached hydrogen (secondary N) is 2. The summed E-state index contributed by atoms with van der Waals surface area (Å²) in [6.45, 7) is 2.28. The van der Waals surface area contributed by atoms with Crippen LogP contribution in [0.2, 0.25) is 0 Å². The van der Waals surface area contributed by atoms with Gasteiger partial charge in [-0.15, -0.1) is 0 Å². The highest BCUT2D eigenvalue weighted by atomic mass is 79.9. The van der Waals surface area contributed by atoms with Gasteiger partial charge in [-0.2, -0.15) is 0 Å². The number of carbonyl (C=O) groups is 2. The van der Waals surface area contributed by atoms with Crippen molar-refractivity contribution in [3.8, 4) is 0 Å². The van der Waals surface area contributed by atoms with Gasteiger partial charge in [-0.1, -0.05) is 15.9 Å². The SMILES string of the molecule is Cc1cc(Br)ccc1NC(=O)CNCCC(=O)O. The lowest BCUT2D eigenvalue weighted by molar-refractivity contribution is -0.137. The molecule has 1 aromatic carbocycles. The van der Waals surface area contributed by atoms with Crippen LogP contribution in [0.4, 0.5) is 5.69 Å². The number of anilines is 1. The van der Waals surface area contributed by atoms with E-state index in [0.717, 1.165) is 15.7 Å². The summed E-state index contributed by atoms with van der Waals surface area (Å²) in [7, 11) is 0. The van der Waals surface area contributed by atoms with Crippen molar-refractivity contribution in [2.45, 2.75) is 13.3 Å². The first-order chi connectivity index (χ1) is 8.49. The number of aryl methyl sites for hydroxylation is 1. The molecule has 0 aliphatic carbocycles. The smallest absolute Gasteiger partial charge is 0.304 e. The van der Waals surface area contributed by atoms with E-state index in [9.17, 15) is 9.59 Å². The number of carboxylic acid groups (broad SMARTS) is 1. The zero-order chi connectivity index (χ0) is 13.5. The van der Waals surface area contributed by atoms with E-state index in [4.69, 9.17) is 5.11 Å². The quantitative estimate of drug-likeness (QED) is 0.699. The van der Waals surface area contributed by atoms with Crippen LogP contribution in [0.5, 0.6) is 0 Å². The average molecular weight is 315 g/mol. The summed E-state index contributed by atoms with van der Waals surface area (Å²) in [5.41, 5.74) is 1.71. The number of benzene rings is 1. The summed E-state index contributed by atoms with van der Waals surface area (Å²) in [6, 6.07) is 5.57. The van der Waals surface area contributed by atoms with Gasteiger partial charge in [-0.05, 0) is 30.7 Å². The van der Waals surface area contributed by atoms with Gasteiger partial charge in [-0.3, -0.25) is 9.59 Å². The molecule has 1 amide bonds. The van der Waals surface area contributed by atoms with Crippen LogP contribution < -0.4 is 10.6 Å². The molecule has 3 N–H and O–H groups in total. The number of amides is 1. The molecule has 0 aliphatic rings. The Morgan fingerprint density at radius 2 is 2.11 bits per heavy atom. The number of halogens is 1. The highest BCUT2D eigenvalue weighted by Gasteiger charge is 2.05. The van der Waals surface area contributed by atoms with Gasteiger partial charge in [0.05, 0.1) is 13.0 Å². The second kappa shape index (κ2) is 7.13. The molecular formula is C12H15BrN2O3. The highest BCUT2D eigenvalue weighted by molar-refractivity contribution is 9.10. The lowest BCUT2D eigenvalue weighted by Gasteiger charge is -2.09. The molecule has 0 atom stereocenters. The van der Waals surface area contributed by atoms with Crippen LogP contribution in [0.1, 0.15) is 12.0 Å². The molecular weight excluding hydrogens is 300 g/mol. The Morgan fingerprint density at radius 3 is 2.72 bits per heavy atom. The Labute approximate surface area is 114 Å². The predicted octanol–water partition coefficient (Wildman–Crippen LogP) is 1.76. The lowest BCUT2D eigenvalue weighted by Crippen LogP contribution is -2.29. The number of rotatable bonds is 6. The van der Waals surface area contributed by atoms with Crippen molar-refractivity contribution in [3.63, 3.8) is 0 Å². The van der Waals surface area contributed by atoms with Gasteiger partial charge >= 0.3 is 5.97 Å². The Morgan fingerprint density at radius 1 is 1.39 bits per heavy atom. The normalized spacial score (nSPS) is 10.1. The van der Waals surface area contributed by atoms with Crippen molar-refractivity contribution >= 4 is 33.5 Å². The number of carbonyl (C=O) groups excluding carboxylic acids is 1. The molecule has 0 aromatic heterocycles. The molecule has 0 saturated heterocycles. The zero-order valence-corrected chi connectivity index (χ0v) is 11.6. The summed E-state index contributed by atoms with van der Waals surface area (Å²) >= 11 is 3.35. The van der Waals surface area contributed by atoms with Gasteiger partial charge < -0.3 is 15.7 Å². The first kappa shape index (κ1) is 14.7. The molecule has 1 aromatic rings. The molecule has 6 heteroatoms. The fourth-order valence-electron chi connectivity index (χ4n) is 1.36. The van der Waals surface area contributed by atoms with E-state index in [0.29, 0.717) is 0 Å². The van der Waals surface area contributed by atoms with Crippen molar-refractivity contribution in [2.24, 2.45) is 0 Å². The third-order valence-electron chi connectivity index (χ3n) is 2.26. The van der Waals surface area contributed by atoms with Crippen LogP contribution in [-0.2, 0) is 9.59 Å². The summed E-state index contributed by atoms with van der Waals surface area (Å²) in [5.74, 6) is -1.07. The minimum atomic E-state index is -0.883. The van der Waals surface area contributed by atoms with Gasteiger partial charge in [0.15, 0.2) is 0 Å². The molecule has 18 heavy (non-hydrogen) atoms. The summed E-state index contributed by atoms with van der Waals surface area (Å²) in [4.78, 5) is 21.8. The number of aliphatic carboxylic acids is 1. The van der Waals surface area contributed by atoms with Crippen molar-refractivity contribution in [3.05, 3.63) is 28.2 Å². The fraction of sp³-hybridized carbons (Fsp3) is 0.333. The first-order valence-corrected chi connectivity index (χ1v) is 6.27. The van der Waals surface area contributed by atoms with E-state index in [2.05, 4.69) is 26.6 Å². The standard InChI is InChI=1S/C12H15BrN2O3/c1-8-6-9(13)2-3-10(8)15-11(16)7-14-5-4-12(17)18/h2-3,6,14H,4-5,7H2,1H3,(H,15,16)(H,17,18). The summed E-state index contributed by atoms with van der Waals surface area (Å²) < 4.78 is 0.956. The third kappa shape index (κ3) is 5.29. The molecule has 0 aliphatic heterocycles. The topological polar surface area (TPSA) is 78.4 Å². The van der Waals surface area contributed by atoms with Gasteiger partial charge in [-0.25, -0.2) is 0 Å². The molecule has 0 heterocycles. The number of hydrogen-bond donors (Lipinski definition) is 3. The molecule has 0 bridgehead atoms. The fourth-order valence-corrected chi connectivity index (χ4v) is 1.83. The minimum Gasteiger partial charge on any atom is -0.481 e. The molecule has 5 nitrogen and oxygen atoms in total. The van der Waals surface area contributed by atoms with Crippen molar-refractivity contribution < 1.29 is 14.7 Å². The lowest BCUT2D eigenvalue weighted by atomic mass is 10.2. The minimum absolute atomic E-state index is 0.00456. The number of carboxylic acids is 1. The molecule has 0 spiro atoms. The molecule has 1 rings (SSSR count). The van der Waals surface area contributed by atoms with Crippen LogP contribution >= 0.6 is 15.9 Å². The monoisotopic (exact) mass is 314 g/mol. The summed E-state index contributed by atoms with van der Waals surface area (Å²) in [6.07, 6.45) is 0.00456. The molecule has 0 radical (unpaired) electrons. The van der Waals surface area contributed by atoms with Gasteiger partial charge in [0.1, 0.15) is 0 Å². The summed E-state index contributed by atoms with van der Waals surface area (Å²) in [5, 5.41) is 14.0. The average Bonchev–Trinajstić information content (AvgIpc) is 2.28. The van der Waals surface area contributed by atoms with E-state index in [1.54, 1.807) is 0 Å².